The maximum atomic E-state index is 10.2. The standard InChI is InChI=1S/C24H11N6/c25-12-14-6-1-2-8-16(14)21-19-11-5-7-15(13-26)20(19)24(28-21)30-23-18-10-4-3-9-17(18)22(27)29-23/h1-11H/q-1. The van der Waals surface area contributed by atoms with Crippen molar-refractivity contribution >= 4 is 23.2 Å². The molecule has 5 rings (SSSR count). The number of benzene rings is 3. The van der Waals surface area contributed by atoms with Gasteiger partial charge in [-0.1, -0.05) is 60.4 Å². The van der Waals surface area contributed by atoms with Crippen LogP contribution < -0.4 is 0 Å². The average molecular weight is 383 g/mol. The van der Waals surface area contributed by atoms with Crippen molar-refractivity contribution in [3.8, 4) is 12.1 Å². The summed E-state index contributed by atoms with van der Waals surface area (Å²) in [5, 5.41) is 29.3. The Morgan fingerprint density at radius 1 is 0.700 bits per heavy atom. The lowest BCUT2D eigenvalue weighted by Gasteiger charge is -2.06. The van der Waals surface area contributed by atoms with Gasteiger partial charge in [-0.3, -0.25) is 0 Å². The summed E-state index contributed by atoms with van der Waals surface area (Å²) in [5.74, 6) is 0.555. The third kappa shape index (κ3) is 2.56. The molecular formula is C24H11N6-. The Hall–Kier alpha value is -4.68. The molecule has 6 heteroatoms. The summed E-state index contributed by atoms with van der Waals surface area (Å²) in [4.78, 5) is 13.5. The van der Waals surface area contributed by atoms with E-state index in [0.29, 0.717) is 50.8 Å². The Balaban J connectivity index is 1.75. The first-order valence-corrected chi connectivity index (χ1v) is 9.16. The quantitative estimate of drug-likeness (QED) is 0.637. The molecule has 0 unspecified atom stereocenters. The van der Waals surface area contributed by atoms with E-state index in [4.69, 9.17) is 4.99 Å². The molecule has 0 amide bonds. The van der Waals surface area contributed by atoms with Gasteiger partial charge in [-0.05, 0) is 17.7 Å². The first kappa shape index (κ1) is 17.4. The van der Waals surface area contributed by atoms with Crippen LogP contribution in [0.2, 0.25) is 0 Å². The molecular weight excluding hydrogens is 372 g/mol. The van der Waals surface area contributed by atoms with E-state index in [1.54, 1.807) is 30.3 Å². The highest BCUT2D eigenvalue weighted by molar-refractivity contribution is 6.33. The number of nitriles is 2. The molecule has 0 saturated carbocycles. The number of hydrogen-bond acceptors (Lipinski definition) is 3. The number of hydrogen-bond donors (Lipinski definition) is 0. The van der Waals surface area contributed by atoms with E-state index in [1.807, 2.05) is 36.4 Å². The highest BCUT2D eigenvalue weighted by atomic mass is 15.0. The van der Waals surface area contributed by atoms with E-state index >= 15 is 0 Å². The van der Waals surface area contributed by atoms with Gasteiger partial charge in [0.2, 0.25) is 0 Å². The fourth-order valence-corrected chi connectivity index (χ4v) is 3.66. The highest BCUT2D eigenvalue weighted by Crippen LogP contribution is 2.29. The summed E-state index contributed by atoms with van der Waals surface area (Å²) in [7, 11) is 0. The van der Waals surface area contributed by atoms with Crippen LogP contribution in [-0.4, -0.2) is 23.2 Å². The molecule has 6 nitrogen and oxygen atoms in total. The minimum absolute atomic E-state index is 0.101. The summed E-state index contributed by atoms with van der Waals surface area (Å²) in [5.41, 5.74) is 4.79. The Kier molecular flexibility index (Phi) is 3.91. The van der Waals surface area contributed by atoms with Crippen LogP contribution in [0, 0.1) is 22.7 Å². The fraction of sp³-hybridized carbons (Fsp3) is 0. The van der Waals surface area contributed by atoms with Crippen molar-refractivity contribution in [3.05, 3.63) is 111 Å². The molecule has 2 aliphatic heterocycles. The van der Waals surface area contributed by atoms with Crippen molar-refractivity contribution in [2.75, 3.05) is 0 Å². The van der Waals surface area contributed by atoms with E-state index in [-0.39, 0.29) is 5.84 Å². The van der Waals surface area contributed by atoms with Gasteiger partial charge in [0.25, 0.3) is 0 Å². The van der Waals surface area contributed by atoms with Crippen LogP contribution >= 0.6 is 0 Å². The summed E-state index contributed by atoms with van der Waals surface area (Å²) in [6, 6.07) is 24.2. The lowest BCUT2D eigenvalue weighted by molar-refractivity contribution is 1.45. The summed E-state index contributed by atoms with van der Waals surface area (Å²) in [6.45, 7) is 0. The summed E-state index contributed by atoms with van der Waals surface area (Å²) < 4.78 is 0. The van der Waals surface area contributed by atoms with Gasteiger partial charge in [0.1, 0.15) is 0 Å². The van der Waals surface area contributed by atoms with Gasteiger partial charge in [-0.15, -0.1) is 0 Å². The van der Waals surface area contributed by atoms with Crippen LogP contribution in [0.5, 0.6) is 0 Å². The molecule has 0 saturated heterocycles. The zero-order valence-electron chi connectivity index (χ0n) is 15.5. The van der Waals surface area contributed by atoms with E-state index < -0.39 is 0 Å². The Morgan fingerprint density at radius 3 is 2.10 bits per heavy atom. The molecule has 0 N–H and O–H groups in total. The lowest BCUT2D eigenvalue weighted by atomic mass is 9.94. The molecule has 0 radical (unpaired) electrons. The molecule has 138 valence electrons. The molecule has 0 aliphatic carbocycles. The first-order chi connectivity index (χ1) is 14.7. The average Bonchev–Trinajstić information content (AvgIpc) is 3.32. The van der Waals surface area contributed by atoms with Crippen molar-refractivity contribution in [3.63, 3.8) is 0 Å². The molecule has 2 heterocycles. The molecule has 0 spiro atoms. The van der Waals surface area contributed by atoms with Gasteiger partial charge in [-0.25, -0.2) is 9.98 Å². The molecule has 30 heavy (non-hydrogen) atoms. The van der Waals surface area contributed by atoms with Crippen molar-refractivity contribution in [2.45, 2.75) is 0 Å². The Morgan fingerprint density at radius 2 is 1.33 bits per heavy atom. The third-order valence-electron chi connectivity index (χ3n) is 5.02. The largest absolute Gasteiger partial charge is 0.464 e. The highest BCUT2D eigenvalue weighted by Gasteiger charge is 2.27. The fourth-order valence-electron chi connectivity index (χ4n) is 3.66. The lowest BCUT2D eigenvalue weighted by Crippen LogP contribution is -2.05. The van der Waals surface area contributed by atoms with E-state index in [9.17, 15) is 15.9 Å². The maximum Gasteiger partial charge on any atom is 0.162 e. The zero-order chi connectivity index (χ0) is 20.7. The topological polar surface area (TPSA) is 107 Å². The number of aliphatic imine (C=N–C) groups is 3. The SMILES string of the molecule is N#Cc1ccccc1C1=NC(=NC2=NC(=[N-])c3ccccc32)c2c(C#N)cccc21. The molecule has 0 aromatic heterocycles. The molecule has 0 atom stereocenters. The van der Waals surface area contributed by atoms with E-state index in [1.165, 1.54) is 0 Å². The van der Waals surface area contributed by atoms with Gasteiger partial charge in [-0.2, -0.15) is 10.5 Å². The van der Waals surface area contributed by atoms with Crippen LogP contribution in [0.15, 0.2) is 81.7 Å². The molecule has 0 fully saturated rings. The smallest absolute Gasteiger partial charge is 0.162 e. The minimum atomic E-state index is -0.101. The van der Waals surface area contributed by atoms with Crippen molar-refractivity contribution in [1.82, 2.24) is 0 Å². The number of rotatable bonds is 1. The van der Waals surface area contributed by atoms with Crippen LogP contribution in [-0.2, 0) is 0 Å². The second-order valence-electron chi connectivity index (χ2n) is 6.70. The maximum absolute atomic E-state index is 10.2. The van der Waals surface area contributed by atoms with Gasteiger partial charge in [0, 0.05) is 22.3 Å². The van der Waals surface area contributed by atoms with Crippen LogP contribution in [0.1, 0.15) is 38.9 Å². The van der Waals surface area contributed by atoms with Crippen molar-refractivity contribution in [1.29, 1.82) is 10.5 Å². The van der Waals surface area contributed by atoms with Gasteiger partial charge >= 0.3 is 0 Å². The predicted octanol–water partition coefficient (Wildman–Crippen LogP) is 3.80. The molecule has 2 aliphatic rings. The van der Waals surface area contributed by atoms with Gasteiger partial charge < -0.3 is 10.4 Å². The number of fused-ring (bicyclic) bond motifs is 2. The van der Waals surface area contributed by atoms with Crippen LogP contribution in [0.3, 0.4) is 0 Å². The summed E-state index contributed by atoms with van der Waals surface area (Å²) in [6.07, 6.45) is 0. The number of amidine groups is 3. The monoisotopic (exact) mass is 383 g/mol. The normalized spacial score (nSPS) is 15.1. The van der Waals surface area contributed by atoms with E-state index in [2.05, 4.69) is 22.1 Å². The zero-order valence-corrected chi connectivity index (χ0v) is 15.5. The van der Waals surface area contributed by atoms with Crippen LogP contribution in [0.4, 0.5) is 0 Å². The molecule has 3 aromatic carbocycles. The van der Waals surface area contributed by atoms with Gasteiger partial charge in [0.05, 0.1) is 34.8 Å². The summed E-state index contributed by atoms with van der Waals surface area (Å²) >= 11 is 0. The molecule has 0 bridgehead atoms. The molecule has 3 aromatic rings. The van der Waals surface area contributed by atoms with Gasteiger partial charge in [0.15, 0.2) is 5.84 Å². The first-order valence-electron chi connectivity index (χ1n) is 9.16. The third-order valence-corrected chi connectivity index (χ3v) is 5.02. The second-order valence-corrected chi connectivity index (χ2v) is 6.70. The van der Waals surface area contributed by atoms with Crippen molar-refractivity contribution in [2.24, 2.45) is 15.0 Å². The van der Waals surface area contributed by atoms with Crippen molar-refractivity contribution < 1.29 is 0 Å². The predicted molar refractivity (Wildman–Crippen MR) is 115 cm³/mol. The second kappa shape index (κ2) is 6.73. The minimum Gasteiger partial charge on any atom is -0.464 e. The Bertz CT molecular complexity index is 1430. The Labute approximate surface area is 172 Å². The number of nitrogens with zero attached hydrogens (tertiary/aromatic N) is 6. The van der Waals surface area contributed by atoms with E-state index in [0.717, 1.165) is 5.56 Å². The van der Waals surface area contributed by atoms with Crippen LogP contribution in [0.25, 0.3) is 5.41 Å².